The van der Waals surface area contributed by atoms with Crippen LogP contribution in [0.25, 0.3) is 0 Å². The van der Waals surface area contributed by atoms with E-state index in [-0.39, 0.29) is 11.9 Å². The molecule has 0 spiro atoms. The normalized spacial score (nSPS) is 20.4. The molecule has 2 aliphatic heterocycles. The maximum atomic E-state index is 11.8. The molecule has 3 rings (SSSR count). The van der Waals surface area contributed by atoms with E-state index in [2.05, 4.69) is 5.32 Å². The van der Waals surface area contributed by atoms with E-state index in [9.17, 15) is 9.59 Å². The number of fused-ring (bicyclic) bond motifs is 3. The van der Waals surface area contributed by atoms with E-state index in [0.717, 1.165) is 19.4 Å². The molecule has 0 bridgehead atoms. The van der Waals surface area contributed by atoms with E-state index in [4.69, 9.17) is 4.74 Å². The third-order valence-corrected chi connectivity index (χ3v) is 3.96. The van der Waals surface area contributed by atoms with Gasteiger partial charge >= 0.3 is 6.09 Å². The molecule has 1 aromatic carbocycles. The van der Waals surface area contributed by atoms with Crippen molar-refractivity contribution in [3.05, 3.63) is 29.3 Å². The molecule has 1 fully saturated rings. The Hall–Kier alpha value is -2.04. The van der Waals surface area contributed by atoms with Crippen molar-refractivity contribution in [1.82, 2.24) is 10.2 Å². The molecule has 1 N–H and O–H groups in total. The Morgan fingerprint density at radius 2 is 2.30 bits per heavy atom. The summed E-state index contributed by atoms with van der Waals surface area (Å²) in [6.45, 7) is 3.16. The molecule has 1 aromatic rings. The lowest BCUT2D eigenvalue weighted by atomic mass is 9.93. The van der Waals surface area contributed by atoms with E-state index >= 15 is 0 Å². The van der Waals surface area contributed by atoms with Gasteiger partial charge in [0.2, 0.25) is 5.91 Å². The first kappa shape index (κ1) is 13.0. The smallest absolute Gasteiger partial charge is 0.410 e. The van der Waals surface area contributed by atoms with Gasteiger partial charge in [-0.15, -0.1) is 0 Å². The number of benzene rings is 1. The predicted molar refractivity (Wildman–Crippen MR) is 73.5 cm³/mol. The summed E-state index contributed by atoms with van der Waals surface area (Å²) in [5.74, 6) is 0.816. The van der Waals surface area contributed by atoms with Crippen LogP contribution in [0.4, 0.5) is 4.79 Å². The first-order valence-electron chi connectivity index (χ1n) is 7.07. The average molecular weight is 274 g/mol. The Morgan fingerprint density at radius 1 is 1.45 bits per heavy atom. The van der Waals surface area contributed by atoms with Crippen molar-refractivity contribution in [3.63, 3.8) is 0 Å². The van der Waals surface area contributed by atoms with Crippen LogP contribution in [0.2, 0.25) is 0 Å². The zero-order valence-electron chi connectivity index (χ0n) is 11.5. The molecule has 0 radical (unpaired) electrons. The maximum Gasteiger partial charge on any atom is 0.412 e. The number of hydrogen-bond acceptors (Lipinski definition) is 3. The summed E-state index contributed by atoms with van der Waals surface area (Å²) < 4.78 is 5.22. The summed E-state index contributed by atoms with van der Waals surface area (Å²) in [7, 11) is 0. The Morgan fingerprint density at radius 3 is 3.10 bits per heavy atom. The minimum Gasteiger partial charge on any atom is -0.410 e. The average Bonchev–Trinajstić information content (AvgIpc) is 2.81. The summed E-state index contributed by atoms with van der Waals surface area (Å²) in [4.78, 5) is 25.1. The largest absolute Gasteiger partial charge is 0.412 e. The summed E-state index contributed by atoms with van der Waals surface area (Å²) in [6, 6.07) is 5.93. The van der Waals surface area contributed by atoms with Gasteiger partial charge in [-0.25, -0.2) is 4.79 Å². The summed E-state index contributed by atoms with van der Waals surface area (Å²) in [6.07, 6.45) is 1.93. The fourth-order valence-corrected chi connectivity index (χ4v) is 3.05. The van der Waals surface area contributed by atoms with Crippen LogP contribution in [0.3, 0.4) is 0 Å². The highest BCUT2D eigenvalue weighted by Gasteiger charge is 2.35. The Labute approximate surface area is 117 Å². The molecule has 1 atom stereocenters. The van der Waals surface area contributed by atoms with Gasteiger partial charge in [0.15, 0.2) is 0 Å². The molecule has 2 aliphatic rings. The second-order valence-corrected chi connectivity index (χ2v) is 5.17. The fraction of sp³-hybridized carbons (Fsp3) is 0.467. The van der Waals surface area contributed by atoms with Gasteiger partial charge in [0.1, 0.15) is 5.75 Å². The molecule has 2 amide bonds. The number of carbonyl (C=O) groups is 2. The van der Waals surface area contributed by atoms with Crippen molar-refractivity contribution in [2.75, 3.05) is 13.1 Å². The number of carbonyl (C=O) groups excluding carboxylic acids is 2. The van der Waals surface area contributed by atoms with Gasteiger partial charge in [0.05, 0.1) is 6.04 Å². The summed E-state index contributed by atoms with van der Waals surface area (Å²) in [5.41, 5.74) is 2.38. The minimum atomic E-state index is -0.430. The van der Waals surface area contributed by atoms with Crippen LogP contribution < -0.4 is 10.1 Å². The first-order chi connectivity index (χ1) is 9.69. The number of hydrogen-bond donors (Lipinski definition) is 1. The Bertz CT molecular complexity index is 556. The second kappa shape index (κ2) is 5.15. The van der Waals surface area contributed by atoms with E-state index in [1.807, 2.05) is 24.0 Å². The highest BCUT2D eigenvalue weighted by atomic mass is 16.6. The van der Waals surface area contributed by atoms with Gasteiger partial charge in [0.25, 0.3) is 0 Å². The van der Waals surface area contributed by atoms with Crippen molar-refractivity contribution >= 4 is 12.0 Å². The molecule has 0 aliphatic carbocycles. The lowest BCUT2D eigenvalue weighted by molar-refractivity contribution is -0.129. The van der Waals surface area contributed by atoms with Gasteiger partial charge in [0, 0.05) is 19.5 Å². The Balaban J connectivity index is 1.81. The highest BCUT2D eigenvalue weighted by Crippen LogP contribution is 2.39. The van der Waals surface area contributed by atoms with Crippen LogP contribution in [0.1, 0.15) is 36.9 Å². The molecule has 5 nitrogen and oxygen atoms in total. The maximum absolute atomic E-state index is 11.8. The molecule has 1 unspecified atom stereocenters. The van der Waals surface area contributed by atoms with Crippen LogP contribution >= 0.6 is 0 Å². The molecule has 0 aromatic heterocycles. The highest BCUT2D eigenvalue weighted by molar-refractivity contribution is 5.79. The molecule has 5 heteroatoms. The van der Waals surface area contributed by atoms with Gasteiger partial charge in [-0.05, 0) is 43.0 Å². The summed E-state index contributed by atoms with van der Waals surface area (Å²) >= 11 is 0. The lowest BCUT2D eigenvalue weighted by Gasteiger charge is -2.32. The van der Waals surface area contributed by atoms with Gasteiger partial charge < -0.3 is 15.0 Å². The zero-order valence-corrected chi connectivity index (χ0v) is 11.5. The van der Waals surface area contributed by atoms with E-state index < -0.39 is 6.09 Å². The number of nitrogens with one attached hydrogen (secondary N) is 1. The molecule has 106 valence electrons. The van der Waals surface area contributed by atoms with Gasteiger partial charge in [-0.3, -0.25) is 4.79 Å². The molecular weight excluding hydrogens is 256 g/mol. The lowest BCUT2D eigenvalue weighted by Crippen LogP contribution is -2.34. The number of amides is 2. The first-order valence-corrected chi connectivity index (χ1v) is 7.07. The van der Waals surface area contributed by atoms with Crippen molar-refractivity contribution in [1.29, 1.82) is 0 Å². The van der Waals surface area contributed by atoms with Crippen LogP contribution in [0.15, 0.2) is 18.2 Å². The number of nitrogens with zero attached hydrogens (tertiary/aromatic N) is 1. The van der Waals surface area contributed by atoms with Gasteiger partial charge in [-0.2, -0.15) is 0 Å². The van der Waals surface area contributed by atoms with Crippen LogP contribution in [-0.4, -0.2) is 30.0 Å². The topological polar surface area (TPSA) is 58.6 Å². The Kier molecular flexibility index (Phi) is 3.34. The van der Waals surface area contributed by atoms with E-state index in [1.54, 1.807) is 6.07 Å². The third kappa shape index (κ3) is 2.24. The van der Waals surface area contributed by atoms with Crippen molar-refractivity contribution < 1.29 is 14.3 Å². The molecule has 0 saturated carbocycles. The monoisotopic (exact) mass is 274 g/mol. The predicted octanol–water partition coefficient (Wildman–Crippen LogP) is 2.01. The van der Waals surface area contributed by atoms with Crippen LogP contribution in [0.5, 0.6) is 5.75 Å². The van der Waals surface area contributed by atoms with Crippen molar-refractivity contribution in [2.45, 2.75) is 32.2 Å². The fourth-order valence-electron chi connectivity index (χ4n) is 3.05. The quantitative estimate of drug-likeness (QED) is 0.897. The summed E-state index contributed by atoms with van der Waals surface area (Å²) in [5, 5.41) is 2.60. The minimum absolute atomic E-state index is 0.213. The van der Waals surface area contributed by atoms with E-state index in [1.165, 1.54) is 11.1 Å². The second-order valence-electron chi connectivity index (χ2n) is 5.17. The SMILES string of the molecule is CCNC(=O)Oc1ccc2c(c1)CCN1C(=O)CCC21. The standard InChI is InChI=1S/C15H18N2O3/c1-2-16-15(19)20-11-3-4-12-10(9-11)7-8-17-13(12)5-6-14(17)18/h3-4,9,13H,2,5-8H2,1H3,(H,16,19). The van der Waals surface area contributed by atoms with Gasteiger partial charge in [-0.1, -0.05) is 6.07 Å². The van der Waals surface area contributed by atoms with Crippen LogP contribution in [0, 0.1) is 0 Å². The van der Waals surface area contributed by atoms with E-state index in [0.29, 0.717) is 18.7 Å². The molecular formula is C15H18N2O3. The number of ether oxygens (including phenoxy) is 1. The van der Waals surface area contributed by atoms with Crippen molar-refractivity contribution in [3.8, 4) is 5.75 Å². The van der Waals surface area contributed by atoms with Crippen LogP contribution in [-0.2, 0) is 11.2 Å². The number of rotatable bonds is 2. The molecule has 20 heavy (non-hydrogen) atoms. The van der Waals surface area contributed by atoms with Crippen molar-refractivity contribution in [2.24, 2.45) is 0 Å². The molecule has 1 saturated heterocycles. The third-order valence-electron chi connectivity index (χ3n) is 3.96. The zero-order chi connectivity index (χ0) is 14.1. The molecule has 2 heterocycles.